The number of sulfonamides is 1. The predicted octanol–water partition coefficient (Wildman–Crippen LogP) is 2.92. The van der Waals surface area contributed by atoms with Crippen LogP contribution < -0.4 is 15.6 Å². The van der Waals surface area contributed by atoms with Crippen LogP contribution in [0.3, 0.4) is 0 Å². The van der Waals surface area contributed by atoms with Gasteiger partial charge in [-0.25, -0.2) is 8.42 Å². The number of benzene rings is 2. The number of hydrogen-bond acceptors (Lipinski definition) is 5. The molecular weight excluding hydrogens is 454 g/mol. The fourth-order valence-electron chi connectivity index (χ4n) is 4.85. The number of anilines is 1. The Bertz CT molecular complexity index is 1380. The zero-order chi connectivity index (χ0) is 23.9. The molecule has 8 nitrogen and oxygen atoms in total. The van der Waals surface area contributed by atoms with Gasteiger partial charge in [0, 0.05) is 48.6 Å². The molecule has 1 amide bonds. The first-order chi connectivity index (χ1) is 16.3. The Labute approximate surface area is 197 Å². The molecule has 9 heteroatoms. The van der Waals surface area contributed by atoms with Gasteiger partial charge in [0.15, 0.2) is 0 Å². The van der Waals surface area contributed by atoms with Gasteiger partial charge in [-0.1, -0.05) is 6.07 Å². The molecule has 0 saturated carbocycles. The van der Waals surface area contributed by atoms with E-state index in [2.05, 4.69) is 5.32 Å². The molecule has 1 fully saturated rings. The molecule has 2 bridgehead atoms. The van der Waals surface area contributed by atoms with Gasteiger partial charge in [0.2, 0.25) is 10.0 Å². The van der Waals surface area contributed by atoms with E-state index < -0.39 is 10.0 Å². The molecule has 2 aromatic carbocycles. The number of pyridine rings is 1. The summed E-state index contributed by atoms with van der Waals surface area (Å²) in [7, 11) is -2.15. The first-order valence-corrected chi connectivity index (χ1v) is 12.5. The molecule has 34 heavy (non-hydrogen) atoms. The second kappa shape index (κ2) is 8.73. The number of piperidine rings is 1. The molecule has 1 N–H and O–H groups in total. The summed E-state index contributed by atoms with van der Waals surface area (Å²) < 4.78 is 35.1. The number of hydrogen-bond donors (Lipinski definition) is 1. The van der Waals surface area contributed by atoms with Crippen molar-refractivity contribution in [2.45, 2.75) is 23.8 Å². The SMILES string of the molecule is COc1ccc(C(=O)Nc2ccc(S(=O)(=O)N3C[C@@H]4C[C@H](C3)c3cccc(=O)n3C4)cc2)cc1. The molecular formula is C25H25N3O5S. The van der Waals surface area contributed by atoms with Gasteiger partial charge in [-0.2, -0.15) is 4.31 Å². The minimum atomic E-state index is -3.70. The van der Waals surface area contributed by atoms with Crippen molar-refractivity contribution in [1.29, 1.82) is 0 Å². The summed E-state index contributed by atoms with van der Waals surface area (Å²) in [6, 6.07) is 18.1. The molecule has 0 spiro atoms. The normalized spacial score (nSPS) is 19.8. The van der Waals surface area contributed by atoms with Crippen molar-refractivity contribution in [2.75, 3.05) is 25.5 Å². The van der Waals surface area contributed by atoms with E-state index in [0.717, 1.165) is 12.1 Å². The molecule has 3 heterocycles. The van der Waals surface area contributed by atoms with E-state index in [4.69, 9.17) is 4.74 Å². The van der Waals surface area contributed by atoms with E-state index >= 15 is 0 Å². The van der Waals surface area contributed by atoms with Crippen LogP contribution in [0.4, 0.5) is 5.69 Å². The fourth-order valence-corrected chi connectivity index (χ4v) is 6.42. The molecule has 3 aromatic rings. The minimum Gasteiger partial charge on any atom is -0.497 e. The molecule has 0 radical (unpaired) electrons. The lowest BCUT2D eigenvalue weighted by Gasteiger charge is -2.42. The van der Waals surface area contributed by atoms with Crippen molar-refractivity contribution < 1.29 is 17.9 Å². The Morgan fingerprint density at radius 1 is 0.971 bits per heavy atom. The van der Waals surface area contributed by atoms with Crippen LogP contribution in [0.2, 0.25) is 0 Å². The zero-order valence-electron chi connectivity index (χ0n) is 18.7. The summed E-state index contributed by atoms with van der Waals surface area (Å²) in [6.45, 7) is 1.27. The first-order valence-electron chi connectivity index (χ1n) is 11.1. The van der Waals surface area contributed by atoms with Crippen LogP contribution in [0.25, 0.3) is 0 Å². The second-order valence-electron chi connectivity index (χ2n) is 8.73. The number of methoxy groups -OCH3 is 1. The standard InChI is InChI=1S/C25H25N3O5S/c1-33-21-9-5-18(6-10-21)25(30)26-20-7-11-22(12-8-20)34(31,32)27-14-17-13-19(16-27)23-3-2-4-24(29)28(23)15-17/h2-12,17,19H,13-16H2,1H3,(H,26,30)/t17-,19+/m0/s1. The van der Waals surface area contributed by atoms with Gasteiger partial charge in [-0.3, -0.25) is 9.59 Å². The second-order valence-corrected chi connectivity index (χ2v) is 10.7. The lowest BCUT2D eigenvalue weighted by molar-refractivity contribution is 0.102. The number of ether oxygens (including phenoxy) is 1. The zero-order valence-corrected chi connectivity index (χ0v) is 19.5. The summed E-state index contributed by atoms with van der Waals surface area (Å²) in [5.41, 5.74) is 1.84. The number of amides is 1. The summed E-state index contributed by atoms with van der Waals surface area (Å²) in [6.07, 6.45) is 0.881. The number of rotatable bonds is 5. The van der Waals surface area contributed by atoms with E-state index in [-0.39, 0.29) is 28.2 Å². The third kappa shape index (κ3) is 4.12. The molecule has 176 valence electrons. The highest BCUT2D eigenvalue weighted by molar-refractivity contribution is 7.89. The number of aromatic nitrogens is 1. The molecule has 0 aliphatic carbocycles. The van der Waals surface area contributed by atoms with Gasteiger partial charge in [0.25, 0.3) is 11.5 Å². The molecule has 2 aliphatic rings. The number of carbonyl (C=O) groups is 1. The number of fused-ring (bicyclic) bond motifs is 4. The number of nitrogens with zero attached hydrogens (tertiary/aromatic N) is 2. The highest BCUT2D eigenvalue weighted by Crippen LogP contribution is 2.37. The van der Waals surface area contributed by atoms with Crippen LogP contribution in [0.1, 0.15) is 28.4 Å². The molecule has 5 rings (SSSR count). The van der Waals surface area contributed by atoms with Gasteiger partial charge in [0.1, 0.15) is 5.75 Å². The lowest BCUT2D eigenvalue weighted by atomic mass is 9.84. The van der Waals surface area contributed by atoms with Crippen LogP contribution in [0.15, 0.2) is 76.4 Å². The van der Waals surface area contributed by atoms with Crippen molar-refractivity contribution in [2.24, 2.45) is 5.92 Å². The first kappa shape index (κ1) is 22.4. The minimum absolute atomic E-state index is 0.000710. The molecule has 2 aliphatic heterocycles. The van der Waals surface area contributed by atoms with Crippen LogP contribution in [0, 0.1) is 5.92 Å². The van der Waals surface area contributed by atoms with Crippen molar-refractivity contribution in [3.8, 4) is 5.75 Å². The van der Waals surface area contributed by atoms with Crippen LogP contribution in [-0.2, 0) is 16.6 Å². The maximum atomic E-state index is 13.4. The Morgan fingerprint density at radius 2 is 1.71 bits per heavy atom. The fraction of sp³-hybridized carbons (Fsp3) is 0.280. The van der Waals surface area contributed by atoms with E-state index in [9.17, 15) is 18.0 Å². The average Bonchev–Trinajstić information content (AvgIpc) is 2.85. The number of carbonyl (C=O) groups excluding carboxylic acids is 1. The average molecular weight is 480 g/mol. The predicted molar refractivity (Wildman–Crippen MR) is 128 cm³/mol. The maximum Gasteiger partial charge on any atom is 0.255 e. The third-order valence-corrected chi connectivity index (χ3v) is 8.39. The van der Waals surface area contributed by atoms with Crippen molar-refractivity contribution in [3.05, 3.63) is 88.3 Å². The van der Waals surface area contributed by atoms with Gasteiger partial charge < -0.3 is 14.6 Å². The van der Waals surface area contributed by atoms with Gasteiger partial charge in [0.05, 0.1) is 12.0 Å². The van der Waals surface area contributed by atoms with Crippen molar-refractivity contribution >= 4 is 21.6 Å². The van der Waals surface area contributed by atoms with Crippen molar-refractivity contribution in [3.63, 3.8) is 0 Å². The number of nitrogens with one attached hydrogen (secondary N) is 1. The Balaban J connectivity index is 1.31. The van der Waals surface area contributed by atoms with E-state index in [1.165, 1.54) is 16.4 Å². The Hall–Kier alpha value is -3.43. The smallest absolute Gasteiger partial charge is 0.255 e. The largest absolute Gasteiger partial charge is 0.497 e. The van der Waals surface area contributed by atoms with Crippen LogP contribution >= 0.6 is 0 Å². The topological polar surface area (TPSA) is 97.7 Å². The van der Waals surface area contributed by atoms with Gasteiger partial charge in [-0.05, 0) is 66.9 Å². The van der Waals surface area contributed by atoms with Crippen LogP contribution in [0.5, 0.6) is 5.75 Å². The van der Waals surface area contributed by atoms with E-state index in [1.807, 2.05) is 6.07 Å². The highest BCUT2D eigenvalue weighted by Gasteiger charge is 2.39. The summed E-state index contributed by atoms with van der Waals surface area (Å²) >= 11 is 0. The molecule has 2 atom stereocenters. The lowest BCUT2D eigenvalue weighted by Crippen LogP contribution is -2.48. The third-order valence-electron chi connectivity index (χ3n) is 6.55. The molecule has 1 saturated heterocycles. The highest BCUT2D eigenvalue weighted by atomic mass is 32.2. The Morgan fingerprint density at radius 3 is 2.41 bits per heavy atom. The summed E-state index contributed by atoms with van der Waals surface area (Å²) in [5.74, 6) is 0.461. The van der Waals surface area contributed by atoms with Crippen LogP contribution in [-0.4, -0.2) is 43.4 Å². The van der Waals surface area contributed by atoms with E-state index in [1.54, 1.807) is 60.2 Å². The molecule has 1 aromatic heterocycles. The molecule has 0 unspecified atom stereocenters. The monoisotopic (exact) mass is 479 g/mol. The summed E-state index contributed by atoms with van der Waals surface area (Å²) in [5, 5.41) is 2.78. The van der Waals surface area contributed by atoms with Gasteiger partial charge in [-0.15, -0.1) is 0 Å². The van der Waals surface area contributed by atoms with E-state index in [0.29, 0.717) is 36.6 Å². The van der Waals surface area contributed by atoms with Crippen molar-refractivity contribution in [1.82, 2.24) is 8.87 Å². The maximum absolute atomic E-state index is 13.4. The quantitative estimate of drug-likeness (QED) is 0.607. The summed E-state index contributed by atoms with van der Waals surface area (Å²) in [4.78, 5) is 24.9. The van der Waals surface area contributed by atoms with Gasteiger partial charge >= 0.3 is 0 Å². The Kier molecular flexibility index (Phi) is 5.75.